The lowest BCUT2D eigenvalue weighted by Crippen LogP contribution is -2.18. The summed E-state index contributed by atoms with van der Waals surface area (Å²) in [6, 6.07) is 5.54. The molecule has 18 heavy (non-hydrogen) atoms. The molecule has 0 fully saturated rings. The van der Waals surface area contributed by atoms with Gasteiger partial charge in [0.1, 0.15) is 0 Å². The van der Waals surface area contributed by atoms with E-state index in [4.69, 9.17) is 5.73 Å². The van der Waals surface area contributed by atoms with Crippen LogP contribution in [-0.2, 0) is 10.8 Å². The lowest BCUT2D eigenvalue weighted by atomic mass is 10.1. The molecule has 1 rings (SSSR count). The van der Waals surface area contributed by atoms with Crippen LogP contribution in [0.3, 0.4) is 0 Å². The Hall–Kier alpha value is -1.36. The molecule has 5 heteroatoms. The summed E-state index contributed by atoms with van der Waals surface area (Å²) in [6.07, 6.45) is 2.52. The Morgan fingerprint density at radius 3 is 2.72 bits per heavy atom. The molecule has 0 bridgehead atoms. The predicted molar refractivity (Wildman–Crippen MR) is 77.5 cm³/mol. The molecule has 1 aromatic carbocycles. The van der Waals surface area contributed by atoms with Crippen molar-refractivity contribution in [3.8, 4) is 0 Å². The number of nitrogens with one attached hydrogen (secondary N) is 1. The third kappa shape index (κ3) is 4.49. The van der Waals surface area contributed by atoms with E-state index < -0.39 is 10.8 Å². The normalized spacial score (nSPS) is 13.9. The van der Waals surface area contributed by atoms with Gasteiger partial charge >= 0.3 is 0 Å². The Labute approximate surface area is 110 Å². The summed E-state index contributed by atoms with van der Waals surface area (Å²) in [5, 5.41) is 3.28. The van der Waals surface area contributed by atoms with E-state index in [1.54, 1.807) is 18.4 Å². The molecule has 100 valence electrons. The lowest BCUT2D eigenvalue weighted by Gasteiger charge is -2.15. The molecule has 1 aromatic rings. The van der Waals surface area contributed by atoms with Gasteiger partial charge in [0, 0.05) is 45.8 Å². The van der Waals surface area contributed by atoms with Crippen LogP contribution in [0.1, 0.15) is 30.6 Å². The van der Waals surface area contributed by atoms with E-state index in [2.05, 4.69) is 5.32 Å². The summed E-state index contributed by atoms with van der Waals surface area (Å²) >= 11 is 0. The van der Waals surface area contributed by atoms with Crippen LogP contribution in [0, 0.1) is 0 Å². The molecule has 0 saturated carbocycles. The van der Waals surface area contributed by atoms with Gasteiger partial charge in [-0.05, 0) is 38.5 Å². The average molecular weight is 268 g/mol. The highest BCUT2D eigenvalue weighted by atomic mass is 32.2. The number of Topliss-reactive ketones (excluding diaryl/α,β-unsaturated/α-hetero) is 1. The van der Waals surface area contributed by atoms with Crippen molar-refractivity contribution >= 4 is 28.0 Å². The van der Waals surface area contributed by atoms with Crippen LogP contribution >= 0.6 is 0 Å². The Balaban J connectivity index is 2.70. The Morgan fingerprint density at radius 1 is 1.50 bits per heavy atom. The number of anilines is 2. The number of hydrogen-bond donors (Lipinski definition) is 2. The number of rotatable bonds is 6. The molecular weight excluding hydrogens is 248 g/mol. The van der Waals surface area contributed by atoms with Crippen LogP contribution in [0.15, 0.2) is 18.2 Å². The number of carbonyl (C=O) groups excluding carboxylic acids is 1. The van der Waals surface area contributed by atoms with Gasteiger partial charge in [0.15, 0.2) is 5.78 Å². The topological polar surface area (TPSA) is 72.2 Å². The van der Waals surface area contributed by atoms with Crippen molar-refractivity contribution in [2.75, 3.05) is 23.1 Å². The van der Waals surface area contributed by atoms with Gasteiger partial charge in [-0.15, -0.1) is 0 Å². The molecule has 2 unspecified atom stereocenters. The van der Waals surface area contributed by atoms with Crippen molar-refractivity contribution in [2.45, 2.75) is 26.3 Å². The molecule has 2 atom stereocenters. The molecule has 0 aliphatic rings. The third-order valence-corrected chi connectivity index (χ3v) is 3.49. The number of carbonyl (C=O) groups is 1. The number of nitrogen functional groups attached to an aromatic ring is 1. The number of benzene rings is 1. The van der Waals surface area contributed by atoms with Gasteiger partial charge in [0.2, 0.25) is 0 Å². The minimum absolute atomic E-state index is 0.0431. The second-order valence-corrected chi connectivity index (χ2v) is 6.02. The van der Waals surface area contributed by atoms with Gasteiger partial charge in [-0.1, -0.05) is 0 Å². The second kappa shape index (κ2) is 6.54. The molecular formula is C13H20N2O2S. The highest BCUT2D eigenvalue weighted by molar-refractivity contribution is 7.84. The molecule has 3 N–H and O–H groups in total. The van der Waals surface area contributed by atoms with Crippen molar-refractivity contribution < 1.29 is 9.00 Å². The maximum atomic E-state index is 11.4. The van der Waals surface area contributed by atoms with Crippen molar-refractivity contribution in [1.82, 2.24) is 0 Å². The Kier molecular flexibility index (Phi) is 5.34. The van der Waals surface area contributed by atoms with E-state index in [9.17, 15) is 9.00 Å². The van der Waals surface area contributed by atoms with Gasteiger partial charge in [-0.25, -0.2) is 0 Å². The molecule has 0 radical (unpaired) electrons. The van der Waals surface area contributed by atoms with E-state index in [0.717, 1.165) is 12.1 Å². The van der Waals surface area contributed by atoms with Gasteiger partial charge < -0.3 is 11.1 Å². The third-order valence-electron chi connectivity index (χ3n) is 2.68. The Morgan fingerprint density at radius 2 is 2.17 bits per heavy atom. The van der Waals surface area contributed by atoms with Crippen molar-refractivity contribution in [2.24, 2.45) is 0 Å². The number of nitrogens with two attached hydrogens (primary N) is 1. The van der Waals surface area contributed by atoms with Crippen LogP contribution in [0.25, 0.3) is 0 Å². The zero-order valence-corrected chi connectivity index (χ0v) is 11.8. The smallest absolute Gasteiger partial charge is 0.161 e. The van der Waals surface area contributed by atoms with Crippen LogP contribution < -0.4 is 11.1 Å². The number of hydrogen-bond acceptors (Lipinski definition) is 4. The van der Waals surface area contributed by atoms with Crippen molar-refractivity contribution in [3.63, 3.8) is 0 Å². The fourth-order valence-corrected chi connectivity index (χ4v) is 2.34. The van der Waals surface area contributed by atoms with E-state index >= 15 is 0 Å². The SMILES string of the molecule is CC(=O)c1cc(NC(C)CCS(C)=O)ccc1N. The highest BCUT2D eigenvalue weighted by Gasteiger charge is 2.08. The zero-order valence-electron chi connectivity index (χ0n) is 11.0. The molecule has 4 nitrogen and oxygen atoms in total. The Bertz CT molecular complexity index is 460. The number of ketones is 1. The minimum atomic E-state index is -0.774. The maximum absolute atomic E-state index is 11.4. The quantitative estimate of drug-likeness (QED) is 0.612. The van der Waals surface area contributed by atoms with E-state index in [1.807, 2.05) is 13.0 Å². The first-order valence-corrected chi connectivity index (χ1v) is 7.60. The van der Waals surface area contributed by atoms with Gasteiger partial charge in [-0.2, -0.15) is 0 Å². The van der Waals surface area contributed by atoms with Crippen LogP contribution in [-0.4, -0.2) is 28.0 Å². The largest absolute Gasteiger partial charge is 0.398 e. The fourth-order valence-electron chi connectivity index (χ4n) is 1.65. The average Bonchev–Trinajstić information content (AvgIpc) is 2.28. The molecule has 0 aliphatic heterocycles. The van der Waals surface area contributed by atoms with E-state index in [-0.39, 0.29) is 11.8 Å². The minimum Gasteiger partial charge on any atom is -0.398 e. The molecule has 0 spiro atoms. The molecule has 0 saturated heterocycles. The summed E-state index contributed by atoms with van der Waals surface area (Å²) in [5.74, 6) is 0.626. The summed E-state index contributed by atoms with van der Waals surface area (Å²) in [6.45, 7) is 3.52. The standard InChI is InChI=1S/C13H20N2O2S/c1-9(6-7-18(3)17)15-11-4-5-13(14)12(8-11)10(2)16/h4-5,8-9,15H,6-7,14H2,1-3H3. The lowest BCUT2D eigenvalue weighted by molar-refractivity contribution is 0.101. The van der Waals surface area contributed by atoms with Crippen LogP contribution in [0.2, 0.25) is 0 Å². The summed E-state index contributed by atoms with van der Waals surface area (Å²) < 4.78 is 11.0. The highest BCUT2D eigenvalue weighted by Crippen LogP contribution is 2.19. The summed E-state index contributed by atoms with van der Waals surface area (Å²) in [5.41, 5.74) is 7.62. The molecule has 0 aromatic heterocycles. The first-order chi connectivity index (χ1) is 8.40. The molecule has 0 heterocycles. The van der Waals surface area contributed by atoms with Gasteiger partial charge in [0.05, 0.1) is 0 Å². The van der Waals surface area contributed by atoms with Crippen LogP contribution in [0.4, 0.5) is 11.4 Å². The van der Waals surface area contributed by atoms with Gasteiger partial charge in [0.25, 0.3) is 0 Å². The first-order valence-electron chi connectivity index (χ1n) is 5.87. The van der Waals surface area contributed by atoms with Crippen molar-refractivity contribution in [3.05, 3.63) is 23.8 Å². The predicted octanol–water partition coefficient (Wildman–Crippen LogP) is 2.04. The van der Waals surface area contributed by atoms with E-state index in [0.29, 0.717) is 17.0 Å². The van der Waals surface area contributed by atoms with Crippen LogP contribution in [0.5, 0.6) is 0 Å². The maximum Gasteiger partial charge on any atom is 0.161 e. The molecule has 0 amide bonds. The van der Waals surface area contributed by atoms with Crippen molar-refractivity contribution in [1.29, 1.82) is 0 Å². The first kappa shape index (κ1) is 14.7. The fraction of sp³-hybridized carbons (Fsp3) is 0.462. The zero-order chi connectivity index (χ0) is 13.7. The van der Waals surface area contributed by atoms with E-state index in [1.165, 1.54) is 6.92 Å². The molecule has 0 aliphatic carbocycles. The second-order valence-electron chi connectivity index (χ2n) is 4.47. The van der Waals surface area contributed by atoms with Gasteiger partial charge in [-0.3, -0.25) is 9.00 Å². The summed E-state index contributed by atoms with van der Waals surface area (Å²) in [7, 11) is -0.774. The monoisotopic (exact) mass is 268 g/mol. The summed E-state index contributed by atoms with van der Waals surface area (Å²) in [4.78, 5) is 11.4.